The molecule has 12 heteroatoms. The number of aromatic nitrogens is 4. The molecule has 2 fully saturated rings. The Labute approximate surface area is 286 Å². The van der Waals surface area contributed by atoms with Crippen molar-refractivity contribution in [1.29, 1.82) is 5.26 Å². The zero-order valence-corrected chi connectivity index (χ0v) is 28.9. The molecule has 2 aromatic heterocycles. The van der Waals surface area contributed by atoms with Gasteiger partial charge in [-0.2, -0.15) is 10.4 Å². The molecule has 0 radical (unpaired) electrons. The monoisotopic (exact) mass is 665 g/mol. The van der Waals surface area contributed by atoms with Crippen molar-refractivity contribution < 1.29 is 13.9 Å². The van der Waals surface area contributed by atoms with E-state index in [4.69, 9.17) is 15.6 Å². The van der Waals surface area contributed by atoms with E-state index in [2.05, 4.69) is 60.5 Å². The van der Waals surface area contributed by atoms with Crippen LogP contribution in [0.15, 0.2) is 66.5 Å². The van der Waals surface area contributed by atoms with Crippen LogP contribution in [0.1, 0.15) is 47.5 Å². The Hall–Kier alpha value is -4.86. The molecule has 49 heavy (non-hydrogen) atoms. The van der Waals surface area contributed by atoms with Crippen LogP contribution in [0, 0.1) is 17.1 Å². The van der Waals surface area contributed by atoms with Crippen LogP contribution in [0.4, 0.5) is 10.2 Å². The second-order valence-corrected chi connectivity index (χ2v) is 14.3. The first kappa shape index (κ1) is 34.0. The lowest BCUT2D eigenvalue weighted by Gasteiger charge is -2.47. The number of ether oxygens (including phenoxy) is 1. The Balaban J connectivity index is 1.23. The summed E-state index contributed by atoms with van der Waals surface area (Å²) in [7, 11) is 0. The molecule has 2 aliphatic rings. The molecule has 0 aliphatic carbocycles. The summed E-state index contributed by atoms with van der Waals surface area (Å²) in [5.74, 6) is 0.283. The van der Waals surface area contributed by atoms with E-state index in [1.165, 1.54) is 12.4 Å². The number of carbonyl (C=O) groups is 1. The summed E-state index contributed by atoms with van der Waals surface area (Å²) in [5, 5.41) is 15.4. The molecule has 2 saturated heterocycles. The SMILES string of the molecule is CC(C)(C)N1CCN(C(C)(C)/C=C(\C#N)C(=O)N2CCC[C@@H]2Cn2nc(-c3ccc(Oc4ccccc4)cc3F)c3c(N)ncnc32)CC1. The summed E-state index contributed by atoms with van der Waals surface area (Å²) >= 11 is 0. The van der Waals surface area contributed by atoms with Crippen molar-refractivity contribution >= 4 is 22.8 Å². The first-order valence-corrected chi connectivity index (χ1v) is 16.8. The number of carbonyl (C=O) groups excluding carboxylic acids is 1. The van der Waals surface area contributed by atoms with Gasteiger partial charge in [-0.1, -0.05) is 18.2 Å². The highest BCUT2D eigenvalue weighted by molar-refractivity contribution is 5.99. The van der Waals surface area contributed by atoms with Crippen LogP contribution < -0.4 is 10.5 Å². The minimum absolute atomic E-state index is 0.0965. The van der Waals surface area contributed by atoms with E-state index in [0.717, 1.165) is 39.0 Å². The average Bonchev–Trinajstić information content (AvgIpc) is 3.69. The Morgan fingerprint density at radius 1 is 1.02 bits per heavy atom. The first-order chi connectivity index (χ1) is 23.4. The van der Waals surface area contributed by atoms with Gasteiger partial charge >= 0.3 is 0 Å². The zero-order chi connectivity index (χ0) is 34.9. The number of benzene rings is 2. The quantitative estimate of drug-likeness (QED) is 0.188. The highest BCUT2D eigenvalue weighted by Gasteiger charge is 2.36. The molecule has 0 bridgehead atoms. The number of fused-ring (bicyclic) bond motifs is 1. The van der Waals surface area contributed by atoms with E-state index in [0.29, 0.717) is 41.3 Å². The Morgan fingerprint density at radius 2 is 1.73 bits per heavy atom. The molecule has 4 heterocycles. The Bertz CT molecular complexity index is 1900. The molecule has 1 amide bonds. The predicted molar refractivity (Wildman–Crippen MR) is 187 cm³/mol. The van der Waals surface area contributed by atoms with Gasteiger partial charge in [0.2, 0.25) is 0 Å². The van der Waals surface area contributed by atoms with Gasteiger partial charge in [0.05, 0.1) is 18.0 Å². The van der Waals surface area contributed by atoms with Gasteiger partial charge in [-0.3, -0.25) is 14.6 Å². The van der Waals surface area contributed by atoms with Crippen LogP contribution in [0.5, 0.6) is 11.5 Å². The molecule has 2 aromatic carbocycles. The lowest BCUT2D eigenvalue weighted by atomic mass is 9.96. The van der Waals surface area contributed by atoms with Crippen molar-refractivity contribution in [2.75, 3.05) is 38.5 Å². The number of para-hydroxylation sites is 1. The Morgan fingerprint density at radius 3 is 2.41 bits per heavy atom. The standard InChI is InChI=1S/C37H44FN9O2/c1-36(2,3)44-16-18-45(19-17-44)37(4,5)21-25(22-39)35(48)46-15-9-10-26(46)23-47-34-31(33(40)41-24-42-34)32(43-47)29-14-13-28(20-30(29)38)49-27-11-7-6-8-12-27/h6-8,11-14,20-21,24,26H,9-10,15-19,23H2,1-5H3,(H2,40,41,42)/b25-21+/t26-/m1/s1. The summed E-state index contributed by atoms with van der Waals surface area (Å²) < 4.78 is 23.1. The van der Waals surface area contributed by atoms with E-state index in [1.807, 2.05) is 24.3 Å². The summed E-state index contributed by atoms with van der Waals surface area (Å²) in [5.41, 5.74) is 7.04. The van der Waals surface area contributed by atoms with Gasteiger partial charge in [0.15, 0.2) is 5.65 Å². The van der Waals surface area contributed by atoms with Crippen LogP contribution in [-0.4, -0.2) is 90.2 Å². The number of anilines is 1. The summed E-state index contributed by atoms with van der Waals surface area (Å²) in [4.78, 5) is 29.1. The van der Waals surface area contributed by atoms with Crippen molar-refractivity contribution in [1.82, 2.24) is 34.4 Å². The number of nitrogens with zero attached hydrogens (tertiary/aromatic N) is 8. The minimum atomic E-state index is -0.535. The number of rotatable bonds is 8. The first-order valence-electron chi connectivity index (χ1n) is 16.8. The van der Waals surface area contributed by atoms with Crippen molar-refractivity contribution in [2.24, 2.45) is 0 Å². The highest BCUT2D eigenvalue weighted by atomic mass is 19.1. The van der Waals surface area contributed by atoms with Gasteiger partial charge < -0.3 is 15.4 Å². The molecule has 1 atom stereocenters. The summed E-state index contributed by atoms with van der Waals surface area (Å²) in [6, 6.07) is 15.7. The molecule has 4 aromatic rings. The largest absolute Gasteiger partial charge is 0.457 e. The molecule has 0 unspecified atom stereocenters. The number of piperazine rings is 1. The highest BCUT2D eigenvalue weighted by Crippen LogP contribution is 2.35. The smallest absolute Gasteiger partial charge is 0.264 e. The lowest BCUT2D eigenvalue weighted by molar-refractivity contribution is -0.127. The van der Waals surface area contributed by atoms with Crippen molar-refractivity contribution in [2.45, 2.75) is 71.1 Å². The van der Waals surface area contributed by atoms with Gasteiger partial charge in [-0.05, 0) is 77.8 Å². The van der Waals surface area contributed by atoms with Gasteiger partial charge in [-0.15, -0.1) is 0 Å². The maximum Gasteiger partial charge on any atom is 0.264 e. The number of nitriles is 1. The second kappa shape index (κ2) is 13.6. The molecule has 2 aliphatic heterocycles. The molecule has 0 saturated carbocycles. The van der Waals surface area contributed by atoms with E-state index < -0.39 is 11.4 Å². The minimum Gasteiger partial charge on any atom is -0.457 e. The Kier molecular flexibility index (Phi) is 9.42. The number of halogens is 1. The summed E-state index contributed by atoms with van der Waals surface area (Å²) in [6.45, 7) is 15.2. The molecule has 2 N–H and O–H groups in total. The molecule has 11 nitrogen and oxygen atoms in total. The molecular weight excluding hydrogens is 621 g/mol. The number of amides is 1. The topological polar surface area (TPSA) is 129 Å². The van der Waals surface area contributed by atoms with Crippen LogP contribution in [0.3, 0.4) is 0 Å². The third-order valence-electron chi connectivity index (χ3n) is 9.65. The van der Waals surface area contributed by atoms with Crippen molar-refractivity contribution in [3.8, 4) is 28.8 Å². The third kappa shape index (κ3) is 7.14. The molecular formula is C37H44FN9O2. The lowest BCUT2D eigenvalue weighted by Crippen LogP contribution is -2.58. The van der Waals surface area contributed by atoms with E-state index in [9.17, 15) is 10.1 Å². The average molecular weight is 666 g/mol. The second-order valence-electron chi connectivity index (χ2n) is 14.3. The van der Waals surface area contributed by atoms with Crippen molar-refractivity contribution in [3.63, 3.8) is 0 Å². The third-order valence-corrected chi connectivity index (χ3v) is 9.65. The fraction of sp³-hybridized carbons (Fsp3) is 0.432. The summed E-state index contributed by atoms with van der Waals surface area (Å²) in [6.07, 6.45) is 4.68. The number of nitrogen functional groups attached to an aromatic ring is 1. The van der Waals surface area contributed by atoms with Gasteiger partial charge in [0.1, 0.15) is 46.8 Å². The molecule has 256 valence electrons. The molecule has 6 rings (SSSR count). The maximum absolute atomic E-state index is 15.6. The molecule has 0 spiro atoms. The van der Waals surface area contributed by atoms with Crippen LogP contribution in [0.25, 0.3) is 22.3 Å². The van der Waals surface area contributed by atoms with Crippen LogP contribution in [-0.2, 0) is 11.3 Å². The number of hydrogen-bond donors (Lipinski definition) is 1. The fourth-order valence-corrected chi connectivity index (χ4v) is 6.91. The van der Waals surface area contributed by atoms with E-state index in [1.54, 1.807) is 33.8 Å². The number of nitrogens with two attached hydrogens (primary N) is 1. The number of likely N-dealkylation sites (tertiary alicyclic amines) is 1. The maximum atomic E-state index is 15.6. The van der Waals surface area contributed by atoms with Crippen LogP contribution >= 0.6 is 0 Å². The van der Waals surface area contributed by atoms with Crippen molar-refractivity contribution in [3.05, 3.63) is 72.3 Å². The van der Waals surface area contributed by atoms with Gasteiger partial charge in [-0.25, -0.2) is 19.0 Å². The predicted octanol–water partition coefficient (Wildman–Crippen LogP) is 5.64. The van der Waals surface area contributed by atoms with Crippen LogP contribution in [0.2, 0.25) is 0 Å². The fourth-order valence-electron chi connectivity index (χ4n) is 6.91. The normalized spacial score (nSPS) is 18.2. The van der Waals surface area contributed by atoms with Gasteiger partial charge in [0, 0.05) is 55.4 Å². The zero-order valence-electron chi connectivity index (χ0n) is 28.9. The van der Waals surface area contributed by atoms with E-state index in [-0.39, 0.29) is 34.4 Å². The number of hydrogen-bond acceptors (Lipinski definition) is 9. The van der Waals surface area contributed by atoms with E-state index >= 15 is 4.39 Å². The van der Waals surface area contributed by atoms with Gasteiger partial charge in [0.25, 0.3) is 5.91 Å².